The van der Waals surface area contributed by atoms with Crippen molar-refractivity contribution in [1.82, 2.24) is 15.1 Å². The molecule has 7 nitrogen and oxygen atoms in total. The van der Waals surface area contributed by atoms with Crippen LogP contribution in [-0.4, -0.2) is 46.3 Å². The molecule has 0 radical (unpaired) electrons. The zero-order chi connectivity index (χ0) is 20.8. The van der Waals surface area contributed by atoms with Crippen LogP contribution in [0.25, 0.3) is 11.5 Å². The van der Waals surface area contributed by atoms with Gasteiger partial charge in [0, 0.05) is 22.8 Å². The summed E-state index contributed by atoms with van der Waals surface area (Å²) in [5.41, 5.74) is 2.60. The number of hydrogen-bond acceptors (Lipinski definition) is 6. The maximum atomic E-state index is 12.3. The molecule has 0 fully saturated rings. The van der Waals surface area contributed by atoms with Gasteiger partial charge in [-0.2, -0.15) is 0 Å². The molecule has 3 aromatic rings. The number of likely N-dealkylation sites (N-methyl/N-ethyl adjacent to an activating group) is 1. The Labute approximate surface area is 181 Å². The minimum absolute atomic E-state index is 0.0404. The number of aryl methyl sites for hydroxylation is 1. The monoisotopic (exact) mass is 474 g/mol. The van der Waals surface area contributed by atoms with E-state index < -0.39 is 0 Å². The lowest BCUT2D eigenvalue weighted by Crippen LogP contribution is -2.35. The van der Waals surface area contributed by atoms with Crippen LogP contribution in [0.2, 0.25) is 0 Å². The van der Waals surface area contributed by atoms with Crippen LogP contribution < -0.4 is 5.32 Å². The number of anilines is 1. The zero-order valence-corrected chi connectivity index (χ0v) is 18.3. The number of benzene rings is 2. The fraction of sp³-hybridized carbons (Fsp3) is 0.200. The lowest BCUT2D eigenvalue weighted by Gasteiger charge is -2.16. The first-order valence-corrected chi connectivity index (χ1v) is 10.5. The number of rotatable bonds is 7. The molecule has 0 bridgehead atoms. The summed E-state index contributed by atoms with van der Waals surface area (Å²) in [7, 11) is 1.58. The molecule has 9 heteroatoms. The molecule has 0 aliphatic rings. The van der Waals surface area contributed by atoms with Crippen molar-refractivity contribution in [3.8, 4) is 11.5 Å². The molecule has 1 N–H and O–H groups in total. The third-order valence-electron chi connectivity index (χ3n) is 3.96. The lowest BCUT2D eigenvalue weighted by molar-refractivity contribution is -0.131. The van der Waals surface area contributed by atoms with Gasteiger partial charge < -0.3 is 14.6 Å². The Morgan fingerprint density at radius 3 is 2.48 bits per heavy atom. The molecule has 0 unspecified atom stereocenters. The number of hydrogen-bond donors (Lipinski definition) is 1. The number of halogens is 1. The van der Waals surface area contributed by atoms with Crippen LogP contribution in [-0.2, 0) is 9.59 Å². The quantitative estimate of drug-likeness (QED) is 0.520. The molecular formula is C20H19BrN4O3S. The summed E-state index contributed by atoms with van der Waals surface area (Å²) in [5.74, 6) is 0.0109. The van der Waals surface area contributed by atoms with E-state index in [2.05, 4.69) is 31.4 Å². The van der Waals surface area contributed by atoms with Crippen LogP contribution in [0, 0.1) is 6.92 Å². The normalized spacial score (nSPS) is 10.6. The van der Waals surface area contributed by atoms with Gasteiger partial charge in [0.1, 0.15) is 0 Å². The number of aromatic nitrogens is 2. The van der Waals surface area contributed by atoms with Gasteiger partial charge in [0.15, 0.2) is 0 Å². The molecule has 2 aromatic carbocycles. The van der Waals surface area contributed by atoms with E-state index in [1.807, 2.05) is 55.5 Å². The summed E-state index contributed by atoms with van der Waals surface area (Å²) in [4.78, 5) is 25.8. The fourth-order valence-electron chi connectivity index (χ4n) is 2.35. The molecular weight excluding hydrogens is 456 g/mol. The van der Waals surface area contributed by atoms with Gasteiger partial charge in [-0.05, 0) is 43.3 Å². The van der Waals surface area contributed by atoms with Crippen molar-refractivity contribution >= 4 is 45.2 Å². The van der Waals surface area contributed by atoms with Crippen LogP contribution in [0.15, 0.2) is 62.6 Å². The van der Waals surface area contributed by atoms with E-state index in [1.165, 1.54) is 4.90 Å². The Balaban J connectivity index is 1.48. The summed E-state index contributed by atoms with van der Waals surface area (Å²) in [6, 6.07) is 14.9. The van der Waals surface area contributed by atoms with Gasteiger partial charge in [-0.25, -0.2) is 0 Å². The molecule has 150 valence electrons. The minimum atomic E-state index is -0.259. The Hall–Kier alpha value is -2.65. The van der Waals surface area contributed by atoms with Gasteiger partial charge in [-0.3, -0.25) is 9.59 Å². The molecule has 0 spiro atoms. The van der Waals surface area contributed by atoms with Crippen LogP contribution in [0.5, 0.6) is 0 Å². The van der Waals surface area contributed by atoms with Crippen LogP contribution in [0.4, 0.5) is 5.69 Å². The van der Waals surface area contributed by atoms with Gasteiger partial charge in [-0.15, -0.1) is 10.2 Å². The predicted octanol–water partition coefficient (Wildman–Crippen LogP) is 4.00. The number of carbonyl (C=O) groups excluding carboxylic acids is 2. The molecule has 2 amide bonds. The van der Waals surface area contributed by atoms with Crippen molar-refractivity contribution in [3.63, 3.8) is 0 Å². The van der Waals surface area contributed by atoms with E-state index in [1.54, 1.807) is 7.05 Å². The molecule has 29 heavy (non-hydrogen) atoms. The number of amides is 2. The second-order valence-electron chi connectivity index (χ2n) is 6.33. The van der Waals surface area contributed by atoms with Gasteiger partial charge in [-0.1, -0.05) is 45.4 Å². The van der Waals surface area contributed by atoms with Gasteiger partial charge in [0.05, 0.1) is 12.3 Å². The third kappa shape index (κ3) is 6.16. The van der Waals surface area contributed by atoms with Crippen LogP contribution >= 0.6 is 27.7 Å². The van der Waals surface area contributed by atoms with E-state index >= 15 is 0 Å². The third-order valence-corrected chi connectivity index (χ3v) is 5.29. The molecule has 1 heterocycles. The Bertz CT molecular complexity index is 990. The maximum Gasteiger partial charge on any atom is 0.277 e. The second-order valence-corrected chi connectivity index (χ2v) is 8.17. The van der Waals surface area contributed by atoms with Crippen molar-refractivity contribution in [2.75, 3.05) is 24.7 Å². The Morgan fingerprint density at radius 2 is 1.79 bits per heavy atom. The largest absolute Gasteiger partial charge is 0.411 e. The first-order chi connectivity index (χ1) is 13.9. The smallest absolute Gasteiger partial charge is 0.277 e. The van der Waals surface area contributed by atoms with Crippen LogP contribution in [0.3, 0.4) is 0 Å². The van der Waals surface area contributed by atoms with Crippen molar-refractivity contribution in [3.05, 3.63) is 58.6 Å². The number of nitrogens with zero attached hydrogens (tertiary/aromatic N) is 3. The first-order valence-electron chi connectivity index (χ1n) is 8.73. The summed E-state index contributed by atoms with van der Waals surface area (Å²) >= 11 is 4.51. The van der Waals surface area contributed by atoms with E-state index in [9.17, 15) is 9.59 Å². The van der Waals surface area contributed by atoms with E-state index in [0.29, 0.717) is 16.8 Å². The molecule has 3 rings (SSSR count). The van der Waals surface area contributed by atoms with E-state index in [4.69, 9.17) is 4.42 Å². The summed E-state index contributed by atoms with van der Waals surface area (Å²) in [5, 5.41) is 11.0. The SMILES string of the molecule is Cc1ccc(NC(=O)CN(C)C(=O)CSc2nnc(-c3ccc(Br)cc3)o2)cc1. The average molecular weight is 475 g/mol. The highest BCUT2D eigenvalue weighted by Gasteiger charge is 2.16. The predicted molar refractivity (Wildman–Crippen MR) is 116 cm³/mol. The van der Waals surface area contributed by atoms with Crippen molar-refractivity contribution in [2.45, 2.75) is 12.1 Å². The van der Waals surface area contributed by atoms with E-state index in [0.717, 1.165) is 27.4 Å². The molecule has 0 saturated heterocycles. The van der Waals surface area contributed by atoms with Gasteiger partial charge in [0.2, 0.25) is 17.7 Å². The topological polar surface area (TPSA) is 88.3 Å². The molecule has 1 aromatic heterocycles. The molecule has 0 aliphatic carbocycles. The first kappa shape index (κ1) is 21.1. The molecule has 0 saturated carbocycles. The Morgan fingerprint density at radius 1 is 1.10 bits per heavy atom. The summed E-state index contributed by atoms with van der Waals surface area (Å²) in [6.45, 7) is 1.93. The number of thioether (sulfide) groups is 1. The minimum Gasteiger partial charge on any atom is -0.411 e. The second kappa shape index (κ2) is 9.71. The number of carbonyl (C=O) groups is 2. The van der Waals surface area contributed by atoms with Crippen LogP contribution in [0.1, 0.15) is 5.56 Å². The van der Waals surface area contributed by atoms with Crippen molar-refractivity contribution < 1.29 is 14.0 Å². The number of nitrogens with one attached hydrogen (secondary N) is 1. The summed E-state index contributed by atoms with van der Waals surface area (Å²) in [6.07, 6.45) is 0. The lowest BCUT2D eigenvalue weighted by atomic mass is 10.2. The maximum absolute atomic E-state index is 12.3. The highest BCUT2D eigenvalue weighted by molar-refractivity contribution is 9.10. The Kier molecular flexibility index (Phi) is 7.05. The molecule has 0 aliphatic heterocycles. The zero-order valence-electron chi connectivity index (χ0n) is 15.9. The van der Waals surface area contributed by atoms with Gasteiger partial charge >= 0.3 is 0 Å². The van der Waals surface area contributed by atoms with Crippen molar-refractivity contribution in [1.29, 1.82) is 0 Å². The fourth-order valence-corrected chi connectivity index (χ4v) is 3.32. The van der Waals surface area contributed by atoms with E-state index in [-0.39, 0.29) is 24.1 Å². The standard InChI is InChI=1S/C20H19BrN4O3S/c1-13-3-9-16(10-4-13)22-17(26)11-25(2)18(27)12-29-20-24-23-19(28-20)14-5-7-15(21)8-6-14/h3-10H,11-12H2,1-2H3,(H,22,26). The van der Waals surface area contributed by atoms with Crippen molar-refractivity contribution in [2.24, 2.45) is 0 Å². The van der Waals surface area contributed by atoms with Gasteiger partial charge in [0.25, 0.3) is 5.22 Å². The highest BCUT2D eigenvalue weighted by atomic mass is 79.9. The average Bonchev–Trinajstić information content (AvgIpc) is 3.17. The summed E-state index contributed by atoms with van der Waals surface area (Å²) < 4.78 is 6.54. The molecule has 0 atom stereocenters. The highest BCUT2D eigenvalue weighted by Crippen LogP contribution is 2.24.